The molecule has 1 aliphatic heterocycles. The van der Waals surface area contributed by atoms with Gasteiger partial charge in [-0.1, -0.05) is 20.8 Å². The third-order valence-corrected chi connectivity index (χ3v) is 3.93. The molecular weight excluding hydrogens is 248 g/mol. The minimum atomic E-state index is -0.899. The van der Waals surface area contributed by atoms with Gasteiger partial charge in [0.1, 0.15) is 0 Å². The van der Waals surface area contributed by atoms with Gasteiger partial charge in [-0.3, -0.25) is 4.79 Å². The Labute approximate surface area is 113 Å². The number of nitrogens with one attached hydrogen (secondary N) is 1. The third kappa shape index (κ3) is 3.83. The summed E-state index contributed by atoms with van der Waals surface area (Å²) in [6.45, 7) is 6.31. The fourth-order valence-electron chi connectivity index (χ4n) is 2.45. The van der Waals surface area contributed by atoms with Crippen LogP contribution in [0.15, 0.2) is 0 Å². The van der Waals surface area contributed by atoms with Gasteiger partial charge in [0.2, 0.25) is 0 Å². The Bertz CT molecular complexity index is 333. The topological polar surface area (TPSA) is 89.9 Å². The molecule has 1 rings (SSSR count). The summed E-state index contributed by atoms with van der Waals surface area (Å²) in [6.07, 6.45) is 0.866. The second kappa shape index (κ2) is 6.75. The standard InChI is InChI=1S/C13H24N2O4/c1-8(2)10(12(17)18)6-14-13(19)15-5-4-9(3)11(15)7-16/h8-11,16H,4-7H2,1-3H3,(H,14,19)(H,17,18). The Morgan fingerprint density at radius 1 is 1.42 bits per heavy atom. The number of aliphatic hydroxyl groups excluding tert-OH is 1. The van der Waals surface area contributed by atoms with Crippen LogP contribution in [0.25, 0.3) is 0 Å². The third-order valence-electron chi connectivity index (χ3n) is 3.93. The van der Waals surface area contributed by atoms with E-state index in [0.717, 1.165) is 6.42 Å². The van der Waals surface area contributed by atoms with Gasteiger partial charge in [0.25, 0.3) is 0 Å². The minimum absolute atomic E-state index is 0.0380. The summed E-state index contributed by atoms with van der Waals surface area (Å²) >= 11 is 0. The number of likely N-dealkylation sites (tertiary alicyclic amines) is 1. The number of carboxylic acids is 1. The Morgan fingerprint density at radius 3 is 2.53 bits per heavy atom. The van der Waals surface area contributed by atoms with Crippen LogP contribution in [0.1, 0.15) is 27.2 Å². The van der Waals surface area contributed by atoms with Crippen LogP contribution in [0, 0.1) is 17.8 Å². The van der Waals surface area contributed by atoms with E-state index in [0.29, 0.717) is 6.54 Å². The van der Waals surface area contributed by atoms with E-state index < -0.39 is 11.9 Å². The van der Waals surface area contributed by atoms with Gasteiger partial charge in [-0.2, -0.15) is 0 Å². The molecule has 3 N–H and O–H groups in total. The SMILES string of the molecule is CC(C)C(CNC(=O)N1CCC(C)C1CO)C(=O)O. The normalized spacial score (nSPS) is 24.6. The highest BCUT2D eigenvalue weighted by atomic mass is 16.4. The van der Waals surface area contributed by atoms with Crippen molar-refractivity contribution in [3.8, 4) is 0 Å². The van der Waals surface area contributed by atoms with Crippen LogP contribution in [0.5, 0.6) is 0 Å². The zero-order valence-corrected chi connectivity index (χ0v) is 11.8. The summed E-state index contributed by atoms with van der Waals surface area (Å²) in [6, 6.07) is -0.447. The van der Waals surface area contributed by atoms with Crippen LogP contribution in [0.4, 0.5) is 4.79 Å². The van der Waals surface area contributed by atoms with Crippen molar-refractivity contribution in [3.63, 3.8) is 0 Å². The fourth-order valence-corrected chi connectivity index (χ4v) is 2.45. The highest BCUT2D eigenvalue weighted by Crippen LogP contribution is 2.23. The fraction of sp³-hybridized carbons (Fsp3) is 0.846. The minimum Gasteiger partial charge on any atom is -0.481 e. The molecule has 1 heterocycles. The summed E-state index contributed by atoms with van der Waals surface area (Å²) in [5.41, 5.74) is 0. The molecule has 0 aromatic rings. The van der Waals surface area contributed by atoms with E-state index in [4.69, 9.17) is 5.11 Å². The van der Waals surface area contributed by atoms with Gasteiger partial charge in [-0.05, 0) is 18.3 Å². The number of hydrogen-bond donors (Lipinski definition) is 3. The smallest absolute Gasteiger partial charge is 0.317 e. The number of amides is 2. The van der Waals surface area contributed by atoms with Gasteiger partial charge in [-0.15, -0.1) is 0 Å². The molecule has 110 valence electrons. The lowest BCUT2D eigenvalue weighted by Gasteiger charge is -2.26. The van der Waals surface area contributed by atoms with E-state index in [1.165, 1.54) is 0 Å². The number of carbonyl (C=O) groups excluding carboxylic acids is 1. The van der Waals surface area contributed by atoms with Crippen molar-refractivity contribution in [3.05, 3.63) is 0 Å². The molecule has 6 nitrogen and oxygen atoms in total. The molecule has 1 aliphatic rings. The number of nitrogens with zero attached hydrogens (tertiary/aromatic N) is 1. The van der Waals surface area contributed by atoms with Crippen molar-refractivity contribution in [2.45, 2.75) is 33.2 Å². The molecule has 0 spiro atoms. The number of aliphatic hydroxyl groups is 1. The van der Waals surface area contributed by atoms with Crippen molar-refractivity contribution in [2.75, 3.05) is 19.7 Å². The largest absolute Gasteiger partial charge is 0.481 e. The number of urea groups is 1. The summed E-state index contributed by atoms with van der Waals surface area (Å²) in [4.78, 5) is 24.7. The maximum Gasteiger partial charge on any atom is 0.317 e. The van der Waals surface area contributed by atoms with Crippen molar-refractivity contribution >= 4 is 12.0 Å². The highest BCUT2D eigenvalue weighted by molar-refractivity contribution is 5.76. The summed E-state index contributed by atoms with van der Waals surface area (Å²) < 4.78 is 0. The number of carboxylic acid groups (broad SMARTS) is 1. The van der Waals surface area contributed by atoms with Gasteiger partial charge >= 0.3 is 12.0 Å². The molecule has 1 fully saturated rings. The first-order chi connectivity index (χ1) is 8.88. The maximum atomic E-state index is 12.0. The zero-order chi connectivity index (χ0) is 14.6. The average molecular weight is 272 g/mol. The second-order valence-electron chi connectivity index (χ2n) is 5.58. The van der Waals surface area contributed by atoms with Gasteiger partial charge in [0.15, 0.2) is 0 Å². The van der Waals surface area contributed by atoms with Crippen LogP contribution < -0.4 is 5.32 Å². The molecule has 3 unspecified atom stereocenters. The lowest BCUT2D eigenvalue weighted by atomic mass is 9.96. The molecule has 19 heavy (non-hydrogen) atoms. The van der Waals surface area contributed by atoms with E-state index in [9.17, 15) is 14.7 Å². The first-order valence-electron chi connectivity index (χ1n) is 6.76. The van der Waals surface area contributed by atoms with Gasteiger partial charge in [0.05, 0.1) is 18.6 Å². The molecule has 0 aromatic heterocycles. The van der Waals surface area contributed by atoms with E-state index >= 15 is 0 Å². The van der Waals surface area contributed by atoms with E-state index in [1.54, 1.807) is 4.90 Å². The summed E-state index contributed by atoms with van der Waals surface area (Å²) in [5.74, 6) is -1.25. The molecule has 1 saturated heterocycles. The molecule has 2 amide bonds. The van der Waals surface area contributed by atoms with Crippen molar-refractivity contribution in [1.82, 2.24) is 10.2 Å². The Hall–Kier alpha value is -1.30. The Kier molecular flexibility index (Phi) is 5.60. The van der Waals surface area contributed by atoms with Gasteiger partial charge in [0, 0.05) is 13.1 Å². The maximum absolute atomic E-state index is 12.0. The van der Waals surface area contributed by atoms with Crippen LogP contribution in [0.2, 0.25) is 0 Å². The molecule has 0 radical (unpaired) electrons. The molecular formula is C13H24N2O4. The predicted molar refractivity (Wildman–Crippen MR) is 70.7 cm³/mol. The molecule has 0 aromatic carbocycles. The van der Waals surface area contributed by atoms with Crippen molar-refractivity contribution < 1.29 is 19.8 Å². The summed E-state index contributed by atoms with van der Waals surface area (Å²) in [7, 11) is 0. The van der Waals surface area contributed by atoms with Gasteiger partial charge in [-0.25, -0.2) is 4.79 Å². The van der Waals surface area contributed by atoms with Crippen LogP contribution >= 0.6 is 0 Å². The second-order valence-corrected chi connectivity index (χ2v) is 5.58. The lowest BCUT2D eigenvalue weighted by Crippen LogP contribution is -2.47. The zero-order valence-electron chi connectivity index (χ0n) is 11.8. The number of hydrogen-bond acceptors (Lipinski definition) is 3. The van der Waals surface area contributed by atoms with Crippen molar-refractivity contribution in [1.29, 1.82) is 0 Å². The van der Waals surface area contributed by atoms with Crippen LogP contribution in [-0.4, -0.2) is 52.9 Å². The quantitative estimate of drug-likeness (QED) is 0.689. The van der Waals surface area contributed by atoms with Crippen LogP contribution in [0.3, 0.4) is 0 Å². The highest BCUT2D eigenvalue weighted by Gasteiger charge is 2.34. The van der Waals surface area contributed by atoms with Crippen LogP contribution in [-0.2, 0) is 4.79 Å². The van der Waals surface area contributed by atoms with E-state index in [-0.39, 0.29) is 37.1 Å². The lowest BCUT2D eigenvalue weighted by molar-refractivity contribution is -0.142. The average Bonchev–Trinajstić information content (AvgIpc) is 2.69. The molecule has 3 atom stereocenters. The number of aliphatic carboxylic acids is 1. The Morgan fingerprint density at radius 2 is 2.05 bits per heavy atom. The monoisotopic (exact) mass is 272 g/mol. The molecule has 0 saturated carbocycles. The molecule has 0 bridgehead atoms. The van der Waals surface area contributed by atoms with Gasteiger partial charge < -0.3 is 20.4 Å². The van der Waals surface area contributed by atoms with E-state index in [2.05, 4.69) is 5.32 Å². The molecule has 6 heteroatoms. The number of rotatable bonds is 5. The van der Waals surface area contributed by atoms with E-state index in [1.807, 2.05) is 20.8 Å². The first kappa shape index (κ1) is 15.8. The first-order valence-corrected chi connectivity index (χ1v) is 6.76. The molecule has 0 aliphatic carbocycles. The number of carbonyl (C=O) groups is 2. The Balaban J connectivity index is 2.53. The summed E-state index contributed by atoms with van der Waals surface area (Å²) in [5, 5.41) is 21.0. The predicted octanol–water partition coefficient (Wildman–Crippen LogP) is 0.755. The van der Waals surface area contributed by atoms with Crippen molar-refractivity contribution in [2.24, 2.45) is 17.8 Å².